The first-order valence-electron chi connectivity index (χ1n) is 18.8. The molecule has 13 rings (SSSR count). The Morgan fingerprint density at radius 3 is 1.54 bits per heavy atom. The Bertz CT molecular complexity index is 3220. The molecular formula is C52H30N2. The second-order valence-corrected chi connectivity index (χ2v) is 14.9. The fourth-order valence-electron chi connectivity index (χ4n) is 10.6. The molecule has 2 heteroatoms. The van der Waals surface area contributed by atoms with E-state index in [2.05, 4.69) is 187 Å². The molecule has 0 unspecified atom stereocenters. The molecule has 1 spiro atoms. The molecule has 0 saturated carbocycles. The van der Waals surface area contributed by atoms with E-state index in [-0.39, 0.29) is 0 Å². The maximum absolute atomic E-state index is 5.68. The van der Waals surface area contributed by atoms with E-state index in [1.165, 1.54) is 99.0 Å². The van der Waals surface area contributed by atoms with Gasteiger partial charge >= 0.3 is 0 Å². The summed E-state index contributed by atoms with van der Waals surface area (Å²) >= 11 is 0. The number of aromatic nitrogens is 1. The van der Waals surface area contributed by atoms with E-state index in [1.807, 2.05) is 0 Å². The number of rotatable bonds is 1. The van der Waals surface area contributed by atoms with Crippen molar-refractivity contribution in [2.75, 3.05) is 4.90 Å². The first-order chi connectivity index (χ1) is 26.8. The van der Waals surface area contributed by atoms with E-state index >= 15 is 0 Å². The van der Waals surface area contributed by atoms with Crippen LogP contribution >= 0.6 is 0 Å². The minimum Gasteiger partial charge on any atom is -0.310 e. The fraction of sp³-hybridized carbons (Fsp3) is 0.0192. The van der Waals surface area contributed by atoms with Gasteiger partial charge in [-0.25, -0.2) is 4.98 Å². The third-order valence-electron chi connectivity index (χ3n) is 12.5. The van der Waals surface area contributed by atoms with Crippen LogP contribution in [0.4, 0.5) is 17.1 Å². The average molecular weight is 683 g/mol. The summed E-state index contributed by atoms with van der Waals surface area (Å²) in [5, 5.41) is 10.2. The predicted molar refractivity (Wildman–Crippen MR) is 224 cm³/mol. The molecule has 2 aliphatic carbocycles. The lowest BCUT2D eigenvalue weighted by molar-refractivity contribution is 0.758. The Morgan fingerprint density at radius 2 is 0.852 bits per heavy atom. The lowest BCUT2D eigenvalue weighted by Crippen LogP contribution is -2.36. The number of pyridine rings is 1. The molecule has 54 heavy (non-hydrogen) atoms. The second kappa shape index (κ2) is 10.1. The van der Waals surface area contributed by atoms with Crippen molar-refractivity contribution in [3.63, 3.8) is 0 Å². The normalized spacial score (nSPS) is 14.0. The van der Waals surface area contributed by atoms with Crippen molar-refractivity contribution in [1.82, 2.24) is 4.98 Å². The molecule has 0 atom stereocenters. The van der Waals surface area contributed by atoms with Gasteiger partial charge in [0.2, 0.25) is 0 Å². The van der Waals surface area contributed by atoms with Gasteiger partial charge in [0.05, 0.1) is 28.2 Å². The lowest BCUT2D eigenvalue weighted by Gasteiger charge is -2.45. The van der Waals surface area contributed by atoms with Gasteiger partial charge in [-0.3, -0.25) is 0 Å². The fourth-order valence-corrected chi connectivity index (χ4v) is 10.6. The van der Waals surface area contributed by atoms with Gasteiger partial charge < -0.3 is 4.90 Å². The molecule has 2 nitrogen and oxygen atoms in total. The van der Waals surface area contributed by atoms with Gasteiger partial charge in [-0.1, -0.05) is 158 Å². The summed E-state index contributed by atoms with van der Waals surface area (Å²) in [5.74, 6) is 0. The van der Waals surface area contributed by atoms with Crippen molar-refractivity contribution < 1.29 is 0 Å². The molecular weight excluding hydrogens is 653 g/mol. The van der Waals surface area contributed by atoms with Crippen molar-refractivity contribution in [2.24, 2.45) is 0 Å². The molecule has 2 heterocycles. The molecule has 9 aromatic carbocycles. The van der Waals surface area contributed by atoms with E-state index in [9.17, 15) is 0 Å². The van der Waals surface area contributed by atoms with Crippen LogP contribution in [0.5, 0.6) is 0 Å². The van der Waals surface area contributed by atoms with Crippen molar-refractivity contribution >= 4 is 60.2 Å². The summed E-state index contributed by atoms with van der Waals surface area (Å²) in [6, 6.07) is 67.6. The van der Waals surface area contributed by atoms with Gasteiger partial charge in [-0.15, -0.1) is 0 Å². The van der Waals surface area contributed by atoms with Gasteiger partial charge in [0.25, 0.3) is 0 Å². The van der Waals surface area contributed by atoms with Crippen LogP contribution in [0.3, 0.4) is 0 Å². The predicted octanol–water partition coefficient (Wildman–Crippen LogP) is 13.5. The standard InChI is InChI=1S/C52H30N2/c1-2-16-34-32(14-1)33-15-3-4-17-35(33)42-30-31(28-29-37(34)42)54-46-26-11-9-24-44(46)52(45-25-10-12-27-47(45)54)43-23-8-7-20-40(43)51-49(52)41-22-13-21-38-36-18-5-6-19-39(36)50(53-51)48(38)41/h1-30H. The summed E-state index contributed by atoms with van der Waals surface area (Å²) in [5.41, 5.74) is 15.2. The van der Waals surface area contributed by atoms with E-state index in [1.54, 1.807) is 0 Å². The van der Waals surface area contributed by atoms with Crippen LogP contribution in [0, 0.1) is 0 Å². The first kappa shape index (κ1) is 28.5. The Labute approximate surface area is 312 Å². The molecule has 0 amide bonds. The summed E-state index contributed by atoms with van der Waals surface area (Å²) in [7, 11) is 0. The zero-order valence-electron chi connectivity index (χ0n) is 29.2. The summed E-state index contributed by atoms with van der Waals surface area (Å²) < 4.78 is 0. The van der Waals surface area contributed by atoms with E-state index in [4.69, 9.17) is 4.98 Å². The zero-order valence-corrected chi connectivity index (χ0v) is 29.2. The highest BCUT2D eigenvalue weighted by Gasteiger charge is 2.53. The number of fused-ring (bicyclic) bond motifs is 19. The van der Waals surface area contributed by atoms with Crippen LogP contribution in [0.2, 0.25) is 0 Å². The first-order valence-corrected chi connectivity index (χ1v) is 18.8. The SMILES string of the molecule is c1ccc2c(c1)-c1cccc3c4c(nc-2c13)-c1ccccc1C41c2ccccc2N(c2ccc3c4ccccc4c4ccccc4c3c2)c2ccccc21. The number of anilines is 3. The minimum absolute atomic E-state index is 0.575. The molecule has 248 valence electrons. The highest BCUT2D eigenvalue weighted by atomic mass is 15.2. The Balaban J connectivity index is 1.15. The van der Waals surface area contributed by atoms with E-state index < -0.39 is 5.41 Å². The number of nitrogens with zero attached hydrogens (tertiary/aromatic N) is 2. The van der Waals surface area contributed by atoms with Crippen molar-refractivity contribution in [3.05, 3.63) is 204 Å². The summed E-state index contributed by atoms with van der Waals surface area (Å²) in [6.45, 7) is 0. The molecule has 1 aromatic heterocycles. The quantitative estimate of drug-likeness (QED) is 0.160. The third-order valence-corrected chi connectivity index (χ3v) is 12.5. The summed E-state index contributed by atoms with van der Waals surface area (Å²) in [6.07, 6.45) is 0. The lowest BCUT2D eigenvalue weighted by atomic mass is 9.64. The molecule has 0 bridgehead atoms. The molecule has 0 fully saturated rings. The molecule has 0 saturated heterocycles. The number of para-hydroxylation sites is 2. The van der Waals surface area contributed by atoms with Gasteiger partial charge in [0.1, 0.15) is 0 Å². The van der Waals surface area contributed by atoms with Crippen LogP contribution in [-0.2, 0) is 5.41 Å². The van der Waals surface area contributed by atoms with Crippen LogP contribution in [0.15, 0.2) is 182 Å². The maximum Gasteiger partial charge on any atom is 0.0800 e. The molecule has 1 aliphatic heterocycles. The van der Waals surface area contributed by atoms with Gasteiger partial charge in [0.15, 0.2) is 0 Å². The molecule has 0 N–H and O–H groups in total. The number of hydrogen-bond acceptors (Lipinski definition) is 2. The largest absolute Gasteiger partial charge is 0.310 e. The highest BCUT2D eigenvalue weighted by Crippen LogP contribution is 2.65. The Hall–Kier alpha value is -7.03. The van der Waals surface area contributed by atoms with Gasteiger partial charge in [0, 0.05) is 27.8 Å². The molecule has 10 aromatic rings. The van der Waals surface area contributed by atoms with Crippen LogP contribution in [-0.4, -0.2) is 4.98 Å². The number of hydrogen-bond donors (Lipinski definition) is 0. The van der Waals surface area contributed by atoms with E-state index in [0.29, 0.717) is 0 Å². The third kappa shape index (κ3) is 3.31. The highest BCUT2D eigenvalue weighted by molar-refractivity contribution is 6.26. The average Bonchev–Trinajstić information content (AvgIpc) is 3.73. The molecule has 3 aliphatic rings. The Kier molecular flexibility index (Phi) is 5.34. The summed E-state index contributed by atoms with van der Waals surface area (Å²) in [4.78, 5) is 8.18. The monoisotopic (exact) mass is 682 g/mol. The molecule has 0 radical (unpaired) electrons. The van der Waals surface area contributed by atoms with E-state index in [0.717, 1.165) is 17.1 Å². The zero-order chi connectivity index (χ0) is 35.1. The maximum atomic E-state index is 5.68. The van der Waals surface area contributed by atoms with Crippen molar-refractivity contribution in [1.29, 1.82) is 0 Å². The van der Waals surface area contributed by atoms with Crippen LogP contribution in [0.1, 0.15) is 22.3 Å². The van der Waals surface area contributed by atoms with Crippen LogP contribution < -0.4 is 4.90 Å². The second-order valence-electron chi connectivity index (χ2n) is 14.9. The van der Waals surface area contributed by atoms with Crippen molar-refractivity contribution in [2.45, 2.75) is 5.41 Å². The van der Waals surface area contributed by atoms with Crippen molar-refractivity contribution in [3.8, 4) is 33.6 Å². The van der Waals surface area contributed by atoms with Crippen LogP contribution in [0.25, 0.3) is 76.7 Å². The van der Waals surface area contributed by atoms with Gasteiger partial charge in [-0.05, 0) is 89.8 Å². The number of benzene rings is 9. The minimum atomic E-state index is -0.575. The Morgan fingerprint density at radius 1 is 0.352 bits per heavy atom. The topological polar surface area (TPSA) is 16.1 Å². The van der Waals surface area contributed by atoms with Gasteiger partial charge in [-0.2, -0.15) is 0 Å². The smallest absolute Gasteiger partial charge is 0.0800 e.